The average Bonchev–Trinajstić information content (AvgIpc) is 2.37. The molecule has 0 aliphatic carbocycles. The monoisotopic (exact) mass is 320 g/mol. The fourth-order valence-electron chi connectivity index (χ4n) is 1.68. The van der Waals surface area contributed by atoms with Gasteiger partial charge in [-0.2, -0.15) is 0 Å². The van der Waals surface area contributed by atoms with Gasteiger partial charge < -0.3 is 10.1 Å². The van der Waals surface area contributed by atoms with Crippen molar-refractivity contribution in [3.63, 3.8) is 0 Å². The summed E-state index contributed by atoms with van der Waals surface area (Å²) in [5.41, 5.74) is 2.20. The van der Waals surface area contributed by atoms with Crippen molar-refractivity contribution in [1.82, 2.24) is 4.98 Å². The Morgan fingerprint density at radius 2 is 1.95 bits per heavy atom. The molecular weight excluding hydrogens is 304 g/mol. The zero-order valence-corrected chi connectivity index (χ0v) is 12.6. The Morgan fingerprint density at radius 1 is 1.21 bits per heavy atom. The van der Waals surface area contributed by atoms with Gasteiger partial charge in [-0.25, -0.2) is 0 Å². The van der Waals surface area contributed by atoms with Gasteiger partial charge in [0.1, 0.15) is 5.75 Å². The molecule has 0 saturated heterocycles. The van der Waals surface area contributed by atoms with E-state index in [9.17, 15) is 0 Å². The summed E-state index contributed by atoms with van der Waals surface area (Å²) in [5.74, 6) is 0.893. The summed E-state index contributed by atoms with van der Waals surface area (Å²) in [6, 6.07) is 10.0. The molecule has 1 heterocycles. The third-order valence-corrected chi connectivity index (χ3v) is 2.92. The third kappa shape index (κ3) is 4.56. The zero-order chi connectivity index (χ0) is 13.7. The molecule has 0 spiro atoms. The second kappa shape index (κ2) is 6.57. The first-order valence-corrected chi connectivity index (χ1v) is 7.03. The van der Waals surface area contributed by atoms with Gasteiger partial charge in [0, 0.05) is 29.1 Å². The SMILES string of the molecule is CC(C)Oc1ccc(NCc2cncc(Br)c2)cc1. The lowest BCUT2D eigenvalue weighted by Crippen LogP contribution is -2.05. The number of benzene rings is 1. The van der Waals surface area contributed by atoms with Gasteiger partial charge in [0.2, 0.25) is 0 Å². The topological polar surface area (TPSA) is 34.1 Å². The van der Waals surface area contributed by atoms with E-state index in [1.165, 1.54) is 0 Å². The molecule has 1 aromatic carbocycles. The lowest BCUT2D eigenvalue weighted by atomic mass is 10.2. The van der Waals surface area contributed by atoms with Crippen molar-refractivity contribution in [1.29, 1.82) is 0 Å². The van der Waals surface area contributed by atoms with Gasteiger partial charge in [-0.15, -0.1) is 0 Å². The number of rotatable bonds is 5. The number of hydrogen-bond acceptors (Lipinski definition) is 3. The summed E-state index contributed by atoms with van der Waals surface area (Å²) >= 11 is 3.41. The minimum Gasteiger partial charge on any atom is -0.491 e. The van der Waals surface area contributed by atoms with Crippen LogP contribution in [0.1, 0.15) is 19.4 Å². The third-order valence-electron chi connectivity index (χ3n) is 2.48. The number of ether oxygens (including phenoxy) is 1. The van der Waals surface area contributed by atoms with E-state index in [0.29, 0.717) is 0 Å². The maximum Gasteiger partial charge on any atom is 0.119 e. The van der Waals surface area contributed by atoms with Gasteiger partial charge >= 0.3 is 0 Å². The molecule has 0 radical (unpaired) electrons. The fraction of sp³-hybridized carbons (Fsp3) is 0.267. The standard InChI is InChI=1S/C15H17BrN2O/c1-11(2)19-15-5-3-14(4-6-15)18-9-12-7-13(16)10-17-8-12/h3-8,10-11,18H,9H2,1-2H3. The van der Waals surface area contributed by atoms with Crippen LogP contribution in [0, 0.1) is 0 Å². The van der Waals surface area contributed by atoms with E-state index < -0.39 is 0 Å². The van der Waals surface area contributed by atoms with Crippen molar-refractivity contribution in [2.75, 3.05) is 5.32 Å². The zero-order valence-electron chi connectivity index (χ0n) is 11.1. The van der Waals surface area contributed by atoms with Crippen LogP contribution in [0.2, 0.25) is 0 Å². The Morgan fingerprint density at radius 3 is 2.58 bits per heavy atom. The van der Waals surface area contributed by atoms with Crippen LogP contribution in [0.25, 0.3) is 0 Å². The maximum atomic E-state index is 5.60. The second-order valence-electron chi connectivity index (χ2n) is 4.56. The Balaban J connectivity index is 1.93. The van der Waals surface area contributed by atoms with E-state index >= 15 is 0 Å². The molecule has 0 aliphatic rings. The average molecular weight is 321 g/mol. The van der Waals surface area contributed by atoms with Crippen molar-refractivity contribution in [2.24, 2.45) is 0 Å². The van der Waals surface area contributed by atoms with Crippen molar-refractivity contribution < 1.29 is 4.74 Å². The van der Waals surface area contributed by atoms with Crippen LogP contribution >= 0.6 is 15.9 Å². The first-order valence-electron chi connectivity index (χ1n) is 6.23. The van der Waals surface area contributed by atoms with Crippen LogP contribution in [0.15, 0.2) is 47.2 Å². The van der Waals surface area contributed by atoms with Crippen LogP contribution in [-0.2, 0) is 6.54 Å². The highest BCUT2D eigenvalue weighted by molar-refractivity contribution is 9.10. The Labute approximate surface area is 122 Å². The molecule has 1 aromatic heterocycles. The number of nitrogens with one attached hydrogen (secondary N) is 1. The van der Waals surface area contributed by atoms with Gasteiger partial charge in [0.05, 0.1) is 6.10 Å². The summed E-state index contributed by atoms with van der Waals surface area (Å²) in [4.78, 5) is 4.14. The molecule has 0 aliphatic heterocycles. The number of pyridine rings is 1. The van der Waals surface area contributed by atoms with Gasteiger partial charge in [-0.05, 0) is 65.7 Å². The molecule has 2 rings (SSSR count). The molecule has 0 unspecified atom stereocenters. The van der Waals surface area contributed by atoms with E-state index in [0.717, 1.165) is 28.0 Å². The minimum absolute atomic E-state index is 0.201. The summed E-state index contributed by atoms with van der Waals surface area (Å²) in [5, 5.41) is 3.35. The quantitative estimate of drug-likeness (QED) is 0.894. The summed E-state index contributed by atoms with van der Waals surface area (Å²) in [6.45, 7) is 4.79. The first-order chi connectivity index (χ1) is 9.13. The molecule has 4 heteroatoms. The van der Waals surface area contributed by atoms with Crippen LogP contribution in [0.5, 0.6) is 5.75 Å². The molecule has 0 amide bonds. The van der Waals surface area contributed by atoms with E-state index in [2.05, 4.69) is 32.3 Å². The smallest absolute Gasteiger partial charge is 0.119 e. The predicted molar refractivity (Wildman–Crippen MR) is 81.5 cm³/mol. The molecular formula is C15H17BrN2O. The van der Waals surface area contributed by atoms with Crippen molar-refractivity contribution in [3.05, 3.63) is 52.8 Å². The van der Waals surface area contributed by atoms with E-state index in [4.69, 9.17) is 4.74 Å². The Kier molecular flexibility index (Phi) is 4.80. The van der Waals surface area contributed by atoms with Gasteiger partial charge in [-0.1, -0.05) is 0 Å². The van der Waals surface area contributed by atoms with Crippen molar-refractivity contribution in [3.8, 4) is 5.75 Å². The molecule has 2 aromatic rings. The summed E-state index contributed by atoms with van der Waals surface area (Å²) < 4.78 is 6.60. The Hall–Kier alpha value is -1.55. The lowest BCUT2D eigenvalue weighted by molar-refractivity contribution is 0.242. The molecule has 100 valence electrons. The normalized spacial score (nSPS) is 10.5. The second-order valence-corrected chi connectivity index (χ2v) is 5.47. The fourth-order valence-corrected chi connectivity index (χ4v) is 2.09. The van der Waals surface area contributed by atoms with E-state index in [-0.39, 0.29) is 6.10 Å². The van der Waals surface area contributed by atoms with Gasteiger partial charge in [0.15, 0.2) is 0 Å². The molecule has 0 fully saturated rings. The number of nitrogens with zero attached hydrogens (tertiary/aromatic N) is 1. The highest BCUT2D eigenvalue weighted by Crippen LogP contribution is 2.18. The molecule has 0 bridgehead atoms. The molecule has 3 nitrogen and oxygen atoms in total. The highest BCUT2D eigenvalue weighted by atomic mass is 79.9. The maximum absolute atomic E-state index is 5.60. The van der Waals surface area contributed by atoms with E-state index in [1.54, 1.807) is 6.20 Å². The number of hydrogen-bond donors (Lipinski definition) is 1. The highest BCUT2D eigenvalue weighted by Gasteiger charge is 1.99. The molecule has 19 heavy (non-hydrogen) atoms. The molecule has 0 saturated carbocycles. The number of aromatic nitrogens is 1. The largest absolute Gasteiger partial charge is 0.491 e. The number of halogens is 1. The Bertz CT molecular complexity index is 526. The summed E-state index contributed by atoms with van der Waals surface area (Å²) in [6.07, 6.45) is 3.83. The van der Waals surface area contributed by atoms with Crippen LogP contribution < -0.4 is 10.1 Å². The lowest BCUT2D eigenvalue weighted by Gasteiger charge is -2.11. The van der Waals surface area contributed by atoms with Crippen LogP contribution in [0.3, 0.4) is 0 Å². The minimum atomic E-state index is 0.201. The van der Waals surface area contributed by atoms with Gasteiger partial charge in [0.25, 0.3) is 0 Å². The van der Waals surface area contributed by atoms with Crippen molar-refractivity contribution >= 4 is 21.6 Å². The van der Waals surface area contributed by atoms with Crippen LogP contribution in [0.4, 0.5) is 5.69 Å². The summed E-state index contributed by atoms with van der Waals surface area (Å²) in [7, 11) is 0. The number of anilines is 1. The van der Waals surface area contributed by atoms with Crippen LogP contribution in [-0.4, -0.2) is 11.1 Å². The first kappa shape index (κ1) is 13.9. The van der Waals surface area contributed by atoms with Gasteiger partial charge in [-0.3, -0.25) is 4.98 Å². The predicted octanol–water partition coefficient (Wildman–Crippen LogP) is 4.24. The molecule has 0 atom stereocenters. The van der Waals surface area contributed by atoms with E-state index in [1.807, 2.05) is 44.3 Å². The molecule has 1 N–H and O–H groups in total. The van der Waals surface area contributed by atoms with Crippen molar-refractivity contribution in [2.45, 2.75) is 26.5 Å².